The van der Waals surface area contributed by atoms with Gasteiger partial charge in [0.2, 0.25) is 11.7 Å². The molecule has 0 fully saturated rings. The summed E-state index contributed by atoms with van der Waals surface area (Å²) in [6.45, 7) is 1.59. The Morgan fingerprint density at radius 1 is 1.15 bits per heavy atom. The topological polar surface area (TPSA) is 120 Å². The molecule has 11 heteroatoms. The van der Waals surface area contributed by atoms with Gasteiger partial charge in [0.1, 0.15) is 5.02 Å². The van der Waals surface area contributed by atoms with E-state index >= 15 is 0 Å². The van der Waals surface area contributed by atoms with Crippen LogP contribution in [0.15, 0.2) is 16.9 Å². The van der Waals surface area contributed by atoms with Gasteiger partial charge in [-0.25, -0.2) is 4.98 Å². The Morgan fingerprint density at radius 2 is 1.78 bits per heavy atom. The average molecular weight is 394 g/mol. The highest BCUT2D eigenvalue weighted by Crippen LogP contribution is 2.38. The molecule has 0 aliphatic carbocycles. The van der Waals surface area contributed by atoms with E-state index in [1.54, 1.807) is 6.92 Å². The molecular weight excluding hydrogens is 378 g/mol. The normalized spacial score (nSPS) is 10.7. The minimum absolute atomic E-state index is 0.0278. The van der Waals surface area contributed by atoms with Crippen LogP contribution in [-0.2, 0) is 0 Å². The average Bonchev–Trinajstić information content (AvgIpc) is 3.07. The molecule has 0 aliphatic rings. The zero-order chi connectivity index (χ0) is 19.7. The monoisotopic (exact) mass is 393 g/mol. The maximum atomic E-state index is 12.6. The summed E-state index contributed by atoms with van der Waals surface area (Å²) >= 11 is 5.89. The fraction of sp³-hybridized carbons (Fsp3) is 0.250. The molecule has 3 rings (SSSR count). The maximum Gasteiger partial charge on any atom is 0.293 e. The first-order chi connectivity index (χ1) is 12.9. The van der Waals surface area contributed by atoms with Crippen LogP contribution in [0.2, 0.25) is 5.02 Å². The molecule has 0 aliphatic heterocycles. The third-order valence-electron chi connectivity index (χ3n) is 3.76. The van der Waals surface area contributed by atoms with Crippen molar-refractivity contribution in [3.05, 3.63) is 38.8 Å². The van der Waals surface area contributed by atoms with Gasteiger partial charge in [-0.2, -0.15) is 9.50 Å². The Kier molecular flexibility index (Phi) is 4.91. The van der Waals surface area contributed by atoms with E-state index in [1.807, 2.05) is 0 Å². The maximum absolute atomic E-state index is 12.6. The minimum Gasteiger partial charge on any atom is -0.493 e. The number of methoxy groups -OCH3 is 3. The fourth-order valence-electron chi connectivity index (χ4n) is 2.45. The molecule has 27 heavy (non-hydrogen) atoms. The Hall–Kier alpha value is -3.27. The number of aromatic amines is 1. The van der Waals surface area contributed by atoms with Crippen LogP contribution in [0, 0.1) is 6.92 Å². The summed E-state index contributed by atoms with van der Waals surface area (Å²) in [5.74, 6) is 0.617. The largest absolute Gasteiger partial charge is 0.493 e. The second-order valence-corrected chi connectivity index (χ2v) is 5.77. The highest BCUT2D eigenvalue weighted by atomic mass is 35.5. The van der Waals surface area contributed by atoms with Gasteiger partial charge < -0.3 is 14.2 Å². The number of nitrogens with one attached hydrogen (secondary N) is 2. The summed E-state index contributed by atoms with van der Waals surface area (Å²) in [6, 6.07) is 2.98. The number of carbonyl (C=O) groups excluding carboxylic acids is 1. The first-order valence-electron chi connectivity index (χ1n) is 7.65. The smallest absolute Gasteiger partial charge is 0.293 e. The van der Waals surface area contributed by atoms with E-state index in [0.29, 0.717) is 22.9 Å². The molecular formula is C16H16ClN5O5. The molecule has 0 radical (unpaired) electrons. The molecule has 3 aromatic rings. The number of benzene rings is 1. The SMILES string of the molecule is COc1cc(C(=O)Nc2nc3nc(C)c(Cl)c(=O)n3[nH]2)cc(OC)c1OC. The molecule has 0 atom stereocenters. The predicted molar refractivity (Wildman–Crippen MR) is 97.4 cm³/mol. The molecule has 0 saturated heterocycles. The number of aromatic nitrogens is 4. The number of halogens is 1. The Morgan fingerprint density at radius 3 is 2.33 bits per heavy atom. The van der Waals surface area contributed by atoms with Gasteiger partial charge in [0.15, 0.2) is 11.5 Å². The van der Waals surface area contributed by atoms with Crippen molar-refractivity contribution in [3.63, 3.8) is 0 Å². The highest BCUT2D eigenvalue weighted by molar-refractivity contribution is 6.31. The lowest BCUT2D eigenvalue weighted by Gasteiger charge is -2.13. The van der Waals surface area contributed by atoms with Crippen LogP contribution in [-0.4, -0.2) is 46.8 Å². The summed E-state index contributed by atoms with van der Waals surface area (Å²) in [5.41, 5.74) is 0.0649. The van der Waals surface area contributed by atoms with Gasteiger partial charge in [-0.3, -0.25) is 20.0 Å². The Labute approximate surface area is 158 Å². The number of fused-ring (bicyclic) bond motifs is 1. The van der Waals surface area contributed by atoms with E-state index in [4.69, 9.17) is 25.8 Å². The molecule has 142 valence electrons. The number of nitrogens with zero attached hydrogens (tertiary/aromatic N) is 3. The Bertz CT molecular complexity index is 1070. The van der Waals surface area contributed by atoms with E-state index in [-0.39, 0.29) is 22.3 Å². The molecule has 0 saturated carbocycles. The van der Waals surface area contributed by atoms with E-state index in [9.17, 15) is 9.59 Å². The zero-order valence-electron chi connectivity index (χ0n) is 14.9. The van der Waals surface area contributed by atoms with Gasteiger partial charge in [-0.1, -0.05) is 11.6 Å². The molecule has 1 aromatic carbocycles. The number of hydrogen-bond acceptors (Lipinski definition) is 7. The molecule has 2 aromatic heterocycles. The molecule has 0 spiro atoms. The third kappa shape index (κ3) is 3.26. The lowest BCUT2D eigenvalue weighted by atomic mass is 10.1. The number of anilines is 1. The molecule has 2 N–H and O–H groups in total. The fourth-order valence-corrected chi connectivity index (χ4v) is 2.57. The zero-order valence-corrected chi connectivity index (χ0v) is 15.7. The summed E-state index contributed by atoms with van der Waals surface area (Å²) in [7, 11) is 4.36. The van der Waals surface area contributed by atoms with Crippen LogP contribution in [0.5, 0.6) is 17.2 Å². The van der Waals surface area contributed by atoms with Crippen LogP contribution in [0.3, 0.4) is 0 Å². The van der Waals surface area contributed by atoms with Crippen molar-refractivity contribution < 1.29 is 19.0 Å². The molecule has 1 amide bonds. The van der Waals surface area contributed by atoms with Gasteiger partial charge in [0.25, 0.3) is 17.2 Å². The number of H-pyrrole nitrogens is 1. The van der Waals surface area contributed by atoms with E-state index < -0.39 is 11.5 Å². The van der Waals surface area contributed by atoms with Gasteiger partial charge in [0, 0.05) is 5.56 Å². The van der Waals surface area contributed by atoms with E-state index in [2.05, 4.69) is 20.4 Å². The summed E-state index contributed by atoms with van der Waals surface area (Å²) in [6.07, 6.45) is 0. The van der Waals surface area contributed by atoms with Crippen LogP contribution in [0.1, 0.15) is 16.1 Å². The summed E-state index contributed by atoms with van der Waals surface area (Å²) in [5, 5.41) is 5.16. The van der Waals surface area contributed by atoms with Crippen LogP contribution in [0.4, 0.5) is 5.95 Å². The molecule has 0 unspecified atom stereocenters. The number of ether oxygens (including phenoxy) is 3. The second-order valence-electron chi connectivity index (χ2n) is 5.39. The summed E-state index contributed by atoms with van der Waals surface area (Å²) in [4.78, 5) is 32.9. The number of rotatable bonds is 5. The van der Waals surface area contributed by atoms with Crippen molar-refractivity contribution in [3.8, 4) is 17.2 Å². The minimum atomic E-state index is -0.514. The van der Waals surface area contributed by atoms with E-state index in [1.165, 1.54) is 33.5 Å². The van der Waals surface area contributed by atoms with Gasteiger partial charge in [0.05, 0.1) is 27.0 Å². The first kappa shape index (κ1) is 18.5. The first-order valence-corrected chi connectivity index (χ1v) is 8.03. The Balaban J connectivity index is 1.97. The van der Waals surface area contributed by atoms with Gasteiger partial charge in [-0.15, -0.1) is 0 Å². The highest BCUT2D eigenvalue weighted by Gasteiger charge is 2.19. The summed E-state index contributed by atoms with van der Waals surface area (Å²) < 4.78 is 16.7. The van der Waals surface area contributed by atoms with Gasteiger partial charge in [-0.05, 0) is 19.1 Å². The van der Waals surface area contributed by atoms with Crippen molar-refractivity contribution >= 4 is 29.2 Å². The van der Waals surface area contributed by atoms with Crippen LogP contribution >= 0.6 is 11.6 Å². The molecule has 2 heterocycles. The van der Waals surface area contributed by atoms with Crippen molar-refractivity contribution in [2.45, 2.75) is 6.92 Å². The number of aryl methyl sites for hydroxylation is 1. The lowest BCUT2D eigenvalue weighted by molar-refractivity contribution is 0.102. The standard InChI is InChI=1S/C16H16ClN5O5/c1-7-11(17)14(24)22-16(18-7)20-15(21-22)19-13(23)8-5-9(25-2)12(27-4)10(6-8)26-3/h5-6H,1-4H3,(H2,18,19,20,21,23). The number of amides is 1. The van der Waals surface area contributed by atoms with Crippen molar-refractivity contribution in [1.29, 1.82) is 0 Å². The quantitative estimate of drug-likeness (QED) is 0.676. The van der Waals surface area contributed by atoms with E-state index in [0.717, 1.165) is 4.52 Å². The van der Waals surface area contributed by atoms with Crippen LogP contribution < -0.4 is 25.1 Å². The van der Waals surface area contributed by atoms with Crippen molar-refractivity contribution in [2.75, 3.05) is 26.6 Å². The predicted octanol–water partition coefficient (Wildman–Crippen LogP) is 1.66. The number of hydrogen-bond donors (Lipinski definition) is 2. The lowest BCUT2D eigenvalue weighted by Crippen LogP contribution is -2.17. The van der Waals surface area contributed by atoms with Gasteiger partial charge >= 0.3 is 0 Å². The molecule has 0 bridgehead atoms. The molecule has 10 nitrogen and oxygen atoms in total. The number of carbonyl (C=O) groups is 1. The van der Waals surface area contributed by atoms with Crippen molar-refractivity contribution in [1.82, 2.24) is 19.6 Å². The van der Waals surface area contributed by atoms with Crippen LogP contribution in [0.25, 0.3) is 5.78 Å². The van der Waals surface area contributed by atoms with Crippen molar-refractivity contribution in [2.24, 2.45) is 0 Å². The third-order valence-corrected chi connectivity index (χ3v) is 4.20. The second kappa shape index (κ2) is 7.16.